The van der Waals surface area contributed by atoms with Crippen molar-refractivity contribution in [3.8, 4) is 0 Å². The Bertz CT molecular complexity index is 269. The first-order valence-corrected chi connectivity index (χ1v) is 5.87. The zero-order chi connectivity index (χ0) is 11.1. The van der Waals surface area contributed by atoms with E-state index in [2.05, 4.69) is 34.3 Å². The number of hydrogen-bond acceptors (Lipinski definition) is 3. The lowest BCUT2D eigenvalue weighted by atomic mass is 10.1. The molecule has 0 aliphatic rings. The minimum absolute atomic E-state index is 0.601. The summed E-state index contributed by atoms with van der Waals surface area (Å²) in [5, 5.41) is 10.4. The predicted molar refractivity (Wildman–Crippen MR) is 61.6 cm³/mol. The molecule has 0 bridgehead atoms. The quantitative estimate of drug-likeness (QED) is 0.725. The van der Waals surface area contributed by atoms with Crippen LogP contribution in [0.15, 0.2) is 0 Å². The summed E-state index contributed by atoms with van der Waals surface area (Å²) in [6.45, 7) is 7.14. The molecule has 0 aliphatic heterocycles. The van der Waals surface area contributed by atoms with Crippen LogP contribution in [-0.2, 0) is 6.54 Å². The molecule has 15 heavy (non-hydrogen) atoms. The van der Waals surface area contributed by atoms with Gasteiger partial charge < -0.3 is 5.32 Å². The largest absolute Gasteiger partial charge is 0.307 e. The van der Waals surface area contributed by atoms with Crippen molar-refractivity contribution in [3.63, 3.8) is 0 Å². The molecule has 2 N–H and O–H groups in total. The van der Waals surface area contributed by atoms with Gasteiger partial charge >= 0.3 is 0 Å². The van der Waals surface area contributed by atoms with E-state index in [4.69, 9.17) is 0 Å². The summed E-state index contributed by atoms with van der Waals surface area (Å²) in [6.07, 6.45) is 4.97. The number of nitrogens with zero attached hydrogens (tertiary/aromatic N) is 2. The Morgan fingerprint density at radius 3 is 2.73 bits per heavy atom. The van der Waals surface area contributed by atoms with Crippen molar-refractivity contribution in [2.75, 3.05) is 0 Å². The normalized spacial score (nSPS) is 13.0. The Morgan fingerprint density at radius 1 is 1.40 bits per heavy atom. The number of rotatable bonds is 7. The van der Waals surface area contributed by atoms with Crippen LogP contribution in [0, 0.1) is 6.92 Å². The maximum absolute atomic E-state index is 4.27. The SMILES string of the molecule is CCCCC(CC)NCc1n[nH]c(C)n1. The van der Waals surface area contributed by atoms with Gasteiger partial charge in [0.2, 0.25) is 0 Å². The lowest BCUT2D eigenvalue weighted by Gasteiger charge is -2.14. The van der Waals surface area contributed by atoms with Crippen molar-refractivity contribution in [1.82, 2.24) is 20.5 Å². The van der Waals surface area contributed by atoms with Crippen LogP contribution in [0.3, 0.4) is 0 Å². The van der Waals surface area contributed by atoms with Crippen LogP contribution in [0.25, 0.3) is 0 Å². The number of unbranched alkanes of at least 4 members (excludes halogenated alkanes) is 1. The van der Waals surface area contributed by atoms with Gasteiger partial charge in [0, 0.05) is 6.04 Å². The molecule has 0 saturated heterocycles. The molecule has 1 rings (SSSR count). The fraction of sp³-hybridized carbons (Fsp3) is 0.818. The molecule has 0 amide bonds. The van der Waals surface area contributed by atoms with E-state index < -0.39 is 0 Å². The Kier molecular flexibility index (Phi) is 5.32. The Labute approximate surface area is 91.9 Å². The third kappa shape index (κ3) is 4.42. The molecule has 0 saturated carbocycles. The van der Waals surface area contributed by atoms with Crippen LogP contribution in [0.5, 0.6) is 0 Å². The molecule has 86 valence electrons. The number of nitrogens with one attached hydrogen (secondary N) is 2. The van der Waals surface area contributed by atoms with Gasteiger partial charge in [0.1, 0.15) is 5.82 Å². The van der Waals surface area contributed by atoms with Gasteiger partial charge in [0.25, 0.3) is 0 Å². The molecule has 0 aromatic carbocycles. The van der Waals surface area contributed by atoms with Gasteiger partial charge in [-0.3, -0.25) is 5.10 Å². The van der Waals surface area contributed by atoms with Gasteiger partial charge in [0.05, 0.1) is 6.54 Å². The second-order valence-electron chi connectivity index (χ2n) is 3.97. The molecule has 0 spiro atoms. The molecule has 0 aliphatic carbocycles. The first-order valence-electron chi connectivity index (χ1n) is 5.87. The van der Waals surface area contributed by atoms with E-state index >= 15 is 0 Å². The van der Waals surface area contributed by atoms with Crippen molar-refractivity contribution in [2.24, 2.45) is 0 Å². The summed E-state index contributed by atoms with van der Waals surface area (Å²) in [5.41, 5.74) is 0. The topological polar surface area (TPSA) is 53.6 Å². The summed E-state index contributed by atoms with van der Waals surface area (Å²) >= 11 is 0. The van der Waals surface area contributed by atoms with Crippen molar-refractivity contribution >= 4 is 0 Å². The molecule has 1 heterocycles. The fourth-order valence-corrected chi connectivity index (χ4v) is 1.60. The molecule has 0 fully saturated rings. The second-order valence-corrected chi connectivity index (χ2v) is 3.97. The summed E-state index contributed by atoms with van der Waals surface area (Å²) in [6, 6.07) is 0.601. The highest BCUT2D eigenvalue weighted by atomic mass is 15.2. The van der Waals surface area contributed by atoms with Crippen LogP contribution in [0.4, 0.5) is 0 Å². The Morgan fingerprint density at radius 2 is 2.20 bits per heavy atom. The summed E-state index contributed by atoms with van der Waals surface area (Å²) in [7, 11) is 0. The second kappa shape index (κ2) is 6.56. The molecule has 4 nitrogen and oxygen atoms in total. The Balaban J connectivity index is 2.27. The average molecular weight is 210 g/mol. The van der Waals surface area contributed by atoms with Crippen LogP contribution in [0.2, 0.25) is 0 Å². The molecule has 1 aromatic rings. The van der Waals surface area contributed by atoms with Crippen molar-refractivity contribution in [1.29, 1.82) is 0 Å². The first-order chi connectivity index (χ1) is 7.26. The highest BCUT2D eigenvalue weighted by Crippen LogP contribution is 2.04. The molecule has 1 aromatic heterocycles. The smallest absolute Gasteiger partial charge is 0.164 e. The predicted octanol–water partition coefficient (Wildman–Crippen LogP) is 2.17. The highest BCUT2D eigenvalue weighted by Gasteiger charge is 2.06. The number of aromatic nitrogens is 3. The van der Waals surface area contributed by atoms with Crippen LogP contribution in [0.1, 0.15) is 51.2 Å². The third-order valence-electron chi connectivity index (χ3n) is 2.59. The van der Waals surface area contributed by atoms with Gasteiger partial charge in [-0.1, -0.05) is 26.7 Å². The lowest BCUT2D eigenvalue weighted by molar-refractivity contribution is 0.446. The molecule has 1 atom stereocenters. The van der Waals surface area contributed by atoms with Crippen molar-refractivity contribution in [2.45, 2.75) is 59.0 Å². The zero-order valence-electron chi connectivity index (χ0n) is 10.0. The summed E-state index contributed by atoms with van der Waals surface area (Å²) in [5.74, 6) is 1.75. The number of aromatic amines is 1. The first kappa shape index (κ1) is 12.2. The van der Waals surface area contributed by atoms with Crippen LogP contribution in [-0.4, -0.2) is 21.2 Å². The number of H-pyrrole nitrogens is 1. The third-order valence-corrected chi connectivity index (χ3v) is 2.59. The highest BCUT2D eigenvalue weighted by molar-refractivity contribution is 4.87. The van der Waals surface area contributed by atoms with Gasteiger partial charge in [0.15, 0.2) is 5.82 Å². The zero-order valence-corrected chi connectivity index (χ0v) is 10.0. The molecular formula is C11H22N4. The van der Waals surface area contributed by atoms with E-state index in [-0.39, 0.29) is 0 Å². The van der Waals surface area contributed by atoms with E-state index in [9.17, 15) is 0 Å². The molecule has 4 heteroatoms. The number of aryl methyl sites for hydroxylation is 1. The lowest BCUT2D eigenvalue weighted by Crippen LogP contribution is -2.28. The standard InChI is InChI=1S/C11H22N4/c1-4-6-7-10(5-2)12-8-11-13-9(3)14-15-11/h10,12H,4-8H2,1-3H3,(H,13,14,15). The minimum atomic E-state index is 0.601. The summed E-state index contributed by atoms with van der Waals surface area (Å²) in [4.78, 5) is 4.27. The van der Waals surface area contributed by atoms with Crippen LogP contribution < -0.4 is 5.32 Å². The minimum Gasteiger partial charge on any atom is -0.307 e. The summed E-state index contributed by atoms with van der Waals surface area (Å²) < 4.78 is 0. The van der Waals surface area contributed by atoms with E-state index in [1.54, 1.807) is 0 Å². The Hall–Kier alpha value is -0.900. The van der Waals surface area contributed by atoms with Crippen molar-refractivity contribution in [3.05, 3.63) is 11.6 Å². The molecular weight excluding hydrogens is 188 g/mol. The monoisotopic (exact) mass is 210 g/mol. The molecule has 0 radical (unpaired) electrons. The van der Waals surface area contributed by atoms with E-state index in [0.29, 0.717) is 6.04 Å². The van der Waals surface area contributed by atoms with Crippen molar-refractivity contribution < 1.29 is 0 Å². The van der Waals surface area contributed by atoms with Gasteiger partial charge in [-0.25, -0.2) is 4.98 Å². The van der Waals surface area contributed by atoms with E-state index in [1.165, 1.54) is 25.7 Å². The van der Waals surface area contributed by atoms with Crippen LogP contribution >= 0.6 is 0 Å². The maximum Gasteiger partial charge on any atom is 0.164 e. The molecule has 1 unspecified atom stereocenters. The van der Waals surface area contributed by atoms with E-state index in [0.717, 1.165) is 18.2 Å². The van der Waals surface area contributed by atoms with Gasteiger partial charge in [-0.2, -0.15) is 5.10 Å². The van der Waals surface area contributed by atoms with Gasteiger partial charge in [-0.05, 0) is 19.8 Å². The average Bonchev–Trinajstić information content (AvgIpc) is 2.65. The van der Waals surface area contributed by atoms with Gasteiger partial charge in [-0.15, -0.1) is 0 Å². The fourth-order valence-electron chi connectivity index (χ4n) is 1.60. The maximum atomic E-state index is 4.27. The van der Waals surface area contributed by atoms with E-state index in [1.807, 2.05) is 6.92 Å². The number of hydrogen-bond donors (Lipinski definition) is 2.